The fourth-order valence-electron chi connectivity index (χ4n) is 2.12. The van der Waals surface area contributed by atoms with Crippen LogP contribution in [0.1, 0.15) is 37.5 Å². The van der Waals surface area contributed by atoms with Gasteiger partial charge in [0.1, 0.15) is 5.82 Å². The molecule has 0 aliphatic carbocycles. The predicted molar refractivity (Wildman–Crippen MR) is 67.1 cm³/mol. The molecule has 0 amide bonds. The first-order valence-electron chi connectivity index (χ1n) is 6.21. The van der Waals surface area contributed by atoms with E-state index in [1.54, 1.807) is 6.07 Å². The molecule has 90 valence electrons. The van der Waals surface area contributed by atoms with Crippen LogP contribution in [0.25, 0.3) is 0 Å². The van der Waals surface area contributed by atoms with Crippen molar-refractivity contribution in [3.05, 3.63) is 34.6 Å². The Balaban J connectivity index is 0.000000606. The third kappa shape index (κ3) is 2.82. The van der Waals surface area contributed by atoms with E-state index in [1.807, 2.05) is 20.8 Å². The maximum absolute atomic E-state index is 13.5. The lowest BCUT2D eigenvalue weighted by atomic mass is 9.97. The lowest BCUT2D eigenvalue weighted by Gasteiger charge is -2.28. The zero-order chi connectivity index (χ0) is 12.1. The Morgan fingerprint density at radius 1 is 1.31 bits per heavy atom. The summed E-state index contributed by atoms with van der Waals surface area (Å²) >= 11 is 0. The summed E-state index contributed by atoms with van der Waals surface area (Å²) in [6.07, 6.45) is 0.856. The molecule has 0 atom stereocenters. The number of hydrogen-bond donors (Lipinski definition) is 0. The van der Waals surface area contributed by atoms with E-state index in [0.29, 0.717) is 0 Å². The fraction of sp³-hybridized carbons (Fsp3) is 0.571. The largest absolute Gasteiger partial charge is 0.299 e. The highest BCUT2D eigenvalue weighted by atomic mass is 19.1. The molecule has 0 saturated heterocycles. The zero-order valence-corrected chi connectivity index (χ0v) is 10.8. The van der Waals surface area contributed by atoms with E-state index >= 15 is 0 Å². The average Bonchev–Trinajstić information content (AvgIpc) is 2.30. The van der Waals surface area contributed by atoms with Crippen LogP contribution in [-0.4, -0.2) is 18.0 Å². The summed E-state index contributed by atoms with van der Waals surface area (Å²) in [6.45, 7) is 11.0. The molecule has 0 bridgehead atoms. The maximum atomic E-state index is 13.5. The molecule has 0 unspecified atom stereocenters. The molecule has 2 rings (SSSR count). The Hall–Kier alpha value is -0.890. The van der Waals surface area contributed by atoms with Gasteiger partial charge in [-0.25, -0.2) is 4.39 Å². The monoisotopic (exact) mass is 223 g/mol. The van der Waals surface area contributed by atoms with Crippen LogP contribution in [0.5, 0.6) is 0 Å². The summed E-state index contributed by atoms with van der Waals surface area (Å²) in [5.74, 6) is -0.0178. The van der Waals surface area contributed by atoms with Gasteiger partial charge in [0.2, 0.25) is 0 Å². The van der Waals surface area contributed by atoms with Gasteiger partial charge in [0.25, 0.3) is 0 Å². The molecule has 0 saturated carbocycles. The van der Waals surface area contributed by atoms with Gasteiger partial charge >= 0.3 is 0 Å². The molecule has 1 aliphatic rings. The second-order valence-electron chi connectivity index (χ2n) is 4.00. The summed E-state index contributed by atoms with van der Waals surface area (Å²) in [5, 5.41) is 0. The number of rotatable bonds is 1. The number of fused-ring (bicyclic) bond motifs is 1. The van der Waals surface area contributed by atoms with Crippen LogP contribution in [0.2, 0.25) is 0 Å². The third-order valence-electron chi connectivity index (χ3n) is 2.95. The third-order valence-corrected chi connectivity index (χ3v) is 2.95. The molecule has 0 spiro atoms. The van der Waals surface area contributed by atoms with Gasteiger partial charge in [-0.2, -0.15) is 0 Å². The van der Waals surface area contributed by atoms with Gasteiger partial charge in [-0.05, 0) is 42.6 Å². The van der Waals surface area contributed by atoms with Crippen molar-refractivity contribution in [1.82, 2.24) is 4.90 Å². The first-order valence-corrected chi connectivity index (χ1v) is 6.21. The molecule has 0 radical (unpaired) electrons. The standard InChI is InChI=1S/C12H16FN.C2H6/c1-3-14-5-4-11-10(8-14)6-9(2)7-12(11)13;1-2/h6-7H,3-5,8H2,1-2H3;1-2H3. The van der Waals surface area contributed by atoms with Gasteiger partial charge in [0.05, 0.1) is 0 Å². The Morgan fingerprint density at radius 3 is 2.62 bits per heavy atom. The molecule has 0 N–H and O–H groups in total. The summed E-state index contributed by atoms with van der Waals surface area (Å²) in [4.78, 5) is 2.35. The SMILES string of the molecule is CC.CCN1CCc2c(F)cc(C)cc2C1. The number of hydrogen-bond acceptors (Lipinski definition) is 1. The van der Waals surface area contributed by atoms with Gasteiger partial charge in [-0.15, -0.1) is 0 Å². The normalized spacial score (nSPS) is 15.1. The first kappa shape index (κ1) is 13.2. The molecule has 1 nitrogen and oxygen atoms in total. The fourth-order valence-corrected chi connectivity index (χ4v) is 2.12. The lowest BCUT2D eigenvalue weighted by Crippen LogP contribution is -2.30. The van der Waals surface area contributed by atoms with Crippen molar-refractivity contribution >= 4 is 0 Å². The van der Waals surface area contributed by atoms with Crippen LogP contribution in [0.4, 0.5) is 4.39 Å². The number of nitrogens with zero attached hydrogens (tertiary/aromatic N) is 1. The van der Waals surface area contributed by atoms with Crippen molar-refractivity contribution in [2.45, 2.75) is 40.7 Å². The van der Waals surface area contributed by atoms with Gasteiger partial charge in [-0.1, -0.05) is 26.8 Å². The van der Waals surface area contributed by atoms with Crippen molar-refractivity contribution in [1.29, 1.82) is 0 Å². The predicted octanol–water partition coefficient (Wildman–Crippen LogP) is 3.54. The Bertz CT molecular complexity index is 347. The van der Waals surface area contributed by atoms with E-state index in [-0.39, 0.29) is 5.82 Å². The van der Waals surface area contributed by atoms with E-state index in [2.05, 4.69) is 17.9 Å². The average molecular weight is 223 g/mol. The topological polar surface area (TPSA) is 3.24 Å². The minimum absolute atomic E-state index is 0.0178. The van der Waals surface area contributed by atoms with Crippen LogP contribution in [0.3, 0.4) is 0 Å². The highest BCUT2D eigenvalue weighted by Crippen LogP contribution is 2.22. The number of aryl methyl sites for hydroxylation is 1. The Kier molecular flexibility index (Phi) is 4.94. The van der Waals surface area contributed by atoms with E-state index in [9.17, 15) is 4.39 Å². The van der Waals surface area contributed by atoms with Crippen LogP contribution in [-0.2, 0) is 13.0 Å². The van der Waals surface area contributed by atoms with Gasteiger partial charge in [0.15, 0.2) is 0 Å². The smallest absolute Gasteiger partial charge is 0.127 e. The molecule has 0 aromatic heterocycles. The second-order valence-corrected chi connectivity index (χ2v) is 4.00. The molecule has 2 heteroatoms. The van der Waals surface area contributed by atoms with Gasteiger partial charge in [-0.3, -0.25) is 4.90 Å². The molecule has 1 aromatic rings. The van der Waals surface area contributed by atoms with Crippen LogP contribution < -0.4 is 0 Å². The lowest BCUT2D eigenvalue weighted by molar-refractivity contribution is 0.265. The molecule has 1 aromatic carbocycles. The summed E-state index contributed by atoms with van der Waals surface area (Å²) < 4.78 is 13.5. The quantitative estimate of drug-likeness (QED) is 0.704. The number of likely N-dealkylation sites (N-methyl/N-ethyl adjacent to an activating group) is 1. The highest BCUT2D eigenvalue weighted by Gasteiger charge is 2.17. The zero-order valence-electron chi connectivity index (χ0n) is 10.8. The van der Waals surface area contributed by atoms with Crippen molar-refractivity contribution in [2.24, 2.45) is 0 Å². The molecule has 1 aliphatic heterocycles. The van der Waals surface area contributed by atoms with Crippen molar-refractivity contribution in [3.8, 4) is 0 Å². The Labute approximate surface area is 98.3 Å². The maximum Gasteiger partial charge on any atom is 0.127 e. The van der Waals surface area contributed by atoms with E-state index in [4.69, 9.17) is 0 Å². The molecule has 16 heavy (non-hydrogen) atoms. The summed E-state index contributed by atoms with van der Waals surface area (Å²) in [6, 6.07) is 3.75. The van der Waals surface area contributed by atoms with Gasteiger partial charge < -0.3 is 0 Å². The minimum Gasteiger partial charge on any atom is -0.299 e. The molecule has 0 fully saturated rings. The highest BCUT2D eigenvalue weighted by molar-refractivity contribution is 5.34. The first-order chi connectivity index (χ1) is 7.70. The molecule has 1 heterocycles. The van der Waals surface area contributed by atoms with E-state index < -0.39 is 0 Å². The summed E-state index contributed by atoms with van der Waals surface area (Å²) in [7, 11) is 0. The van der Waals surface area contributed by atoms with Crippen LogP contribution in [0, 0.1) is 12.7 Å². The van der Waals surface area contributed by atoms with E-state index in [0.717, 1.165) is 37.2 Å². The van der Waals surface area contributed by atoms with Gasteiger partial charge in [0, 0.05) is 13.1 Å². The Morgan fingerprint density at radius 2 is 2.00 bits per heavy atom. The van der Waals surface area contributed by atoms with Crippen molar-refractivity contribution in [2.75, 3.05) is 13.1 Å². The number of halogens is 1. The van der Waals surface area contributed by atoms with Crippen molar-refractivity contribution < 1.29 is 4.39 Å². The van der Waals surface area contributed by atoms with E-state index in [1.165, 1.54) is 5.56 Å². The molecular weight excluding hydrogens is 201 g/mol. The second kappa shape index (κ2) is 6.00. The summed E-state index contributed by atoms with van der Waals surface area (Å²) in [5.41, 5.74) is 3.13. The van der Waals surface area contributed by atoms with Crippen LogP contribution >= 0.6 is 0 Å². The van der Waals surface area contributed by atoms with Crippen molar-refractivity contribution in [3.63, 3.8) is 0 Å². The number of benzene rings is 1. The minimum atomic E-state index is -0.0178. The molecular formula is C14H22FN. The van der Waals surface area contributed by atoms with Crippen LogP contribution in [0.15, 0.2) is 12.1 Å².